The molecule has 0 saturated carbocycles. The third-order valence-corrected chi connectivity index (χ3v) is 1.42. The maximum Gasteiger partial charge on any atom is 0.232 e. The Hall–Kier alpha value is -1.37. The Kier molecular flexibility index (Phi) is 2.21. The van der Waals surface area contributed by atoms with E-state index < -0.39 is 5.95 Å². The molecule has 0 aliphatic rings. The van der Waals surface area contributed by atoms with E-state index >= 15 is 0 Å². The quantitative estimate of drug-likeness (QED) is 0.646. The molecule has 11 heavy (non-hydrogen) atoms. The maximum atomic E-state index is 12.7. The van der Waals surface area contributed by atoms with Crippen LogP contribution in [0.2, 0.25) is 0 Å². The lowest BCUT2D eigenvalue weighted by atomic mass is 10.1. The molecule has 4 heteroatoms. The van der Waals surface area contributed by atoms with E-state index in [2.05, 4.69) is 21.3 Å². The number of rotatable bonds is 2. The van der Waals surface area contributed by atoms with Gasteiger partial charge in [0.05, 0.1) is 0 Å². The van der Waals surface area contributed by atoms with Crippen LogP contribution in [-0.2, 0) is 0 Å². The lowest BCUT2D eigenvalue weighted by Crippen LogP contribution is -1.95. The number of hydrogen-bond acceptors (Lipinski definition) is 2. The van der Waals surface area contributed by atoms with Gasteiger partial charge in [0.2, 0.25) is 5.95 Å². The third kappa shape index (κ3) is 1.55. The van der Waals surface area contributed by atoms with Gasteiger partial charge >= 0.3 is 0 Å². The fourth-order valence-corrected chi connectivity index (χ4v) is 0.812. The summed E-state index contributed by atoms with van der Waals surface area (Å²) in [4.78, 5) is 0. The predicted octanol–water partition coefficient (Wildman–Crippen LogP) is 1.07. The van der Waals surface area contributed by atoms with Crippen molar-refractivity contribution in [2.75, 3.05) is 0 Å². The fraction of sp³-hybridized carbons (Fsp3) is 0.429. The highest BCUT2D eigenvalue weighted by molar-refractivity contribution is 5.05. The number of H-pyrrole nitrogens is 1. The average Bonchev–Trinajstić information content (AvgIpc) is 2.36. The minimum absolute atomic E-state index is 0.0706. The van der Waals surface area contributed by atoms with Gasteiger partial charge in [-0.2, -0.15) is 4.39 Å². The number of terminal acetylenes is 1. The minimum Gasteiger partial charge on any atom is -0.232 e. The van der Waals surface area contributed by atoms with Crippen molar-refractivity contribution in [2.24, 2.45) is 0 Å². The summed E-state index contributed by atoms with van der Waals surface area (Å²) in [6.45, 7) is 1.81. The Balaban J connectivity index is 2.77. The highest BCUT2D eigenvalue weighted by atomic mass is 19.1. The van der Waals surface area contributed by atoms with E-state index in [0.717, 1.165) is 0 Å². The molecule has 0 unspecified atom stereocenters. The van der Waals surface area contributed by atoms with Gasteiger partial charge in [0, 0.05) is 12.3 Å². The van der Waals surface area contributed by atoms with Crippen molar-refractivity contribution in [3.8, 4) is 12.3 Å². The molecular weight excluding hydrogens is 145 g/mol. The lowest BCUT2D eigenvalue weighted by Gasteiger charge is -2.00. The summed E-state index contributed by atoms with van der Waals surface area (Å²) >= 11 is 0. The summed E-state index contributed by atoms with van der Waals surface area (Å²) in [6.07, 6.45) is 5.53. The highest BCUT2D eigenvalue weighted by Gasteiger charge is 2.13. The van der Waals surface area contributed by atoms with Gasteiger partial charge in [0.1, 0.15) is 5.69 Å². The summed E-state index contributed by atoms with van der Waals surface area (Å²) in [5, 5.41) is 8.98. The van der Waals surface area contributed by atoms with Crippen LogP contribution in [0.1, 0.15) is 25.0 Å². The SMILES string of the molecule is C#CC[C@H](C)c1nn[nH]c1F. The molecule has 0 spiro atoms. The van der Waals surface area contributed by atoms with Crippen molar-refractivity contribution < 1.29 is 4.39 Å². The fourth-order valence-electron chi connectivity index (χ4n) is 0.812. The van der Waals surface area contributed by atoms with Crippen LogP contribution in [0.25, 0.3) is 0 Å². The van der Waals surface area contributed by atoms with Crippen molar-refractivity contribution in [1.82, 2.24) is 15.4 Å². The molecule has 1 rings (SSSR count). The van der Waals surface area contributed by atoms with E-state index in [1.165, 1.54) is 0 Å². The molecule has 1 heterocycles. The van der Waals surface area contributed by atoms with Crippen LogP contribution < -0.4 is 0 Å². The smallest absolute Gasteiger partial charge is 0.232 e. The van der Waals surface area contributed by atoms with Crippen molar-refractivity contribution in [3.05, 3.63) is 11.6 Å². The Morgan fingerprint density at radius 2 is 2.55 bits per heavy atom. The lowest BCUT2D eigenvalue weighted by molar-refractivity contribution is 0.553. The van der Waals surface area contributed by atoms with Gasteiger partial charge in [-0.15, -0.1) is 17.4 Å². The number of hydrogen-bond donors (Lipinski definition) is 1. The second-order valence-corrected chi connectivity index (χ2v) is 2.32. The summed E-state index contributed by atoms with van der Waals surface area (Å²) in [5.41, 5.74) is 0.308. The molecule has 1 N–H and O–H groups in total. The van der Waals surface area contributed by atoms with Crippen LogP contribution in [0.5, 0.6) is 0 Å². The molecular formula is C7H8FN3. The molecule has 0 saturated heterocycles. The van der Waals surface area contributed by atoms with Gasteiger partial charge in [-0.3, -0.25) is 0 Å². The van der Waals surface area contributed by atoms with E-state index in [-0.39, 0.29) is 5.92 Å². The summed E-state index contributed by atoms with van der Waals surface area (Å²) in [5.74, 6) is 1.87. The number of aromatic amines is 1. The number of halogens is 1. The zero-order valence-corrected chi connectivity index (χ0v) is 6.13. The Morgan fingerprint density at radius 3 is 3.00 bits per heavy atom. The van der Waals surface area contributed by atoms with Gasteiger partial charge in [-0.25, -0.2) is 5.10 Å². The number of nitrogens with one attached hydrogen (secondary N) is 1. The molecule has 0 fully saturated rings. The number of nitrogens with zero attached hydrogens (tertiary/aromatic N) is 2. The molecule has 1 aromatic rings. The van der Waals surface area contributed by atoms with E-state index in [1.54, 1.807) is 6.92 Å². The zero-order chi connectivity index (χ0) is 8.27. The predicted molar refractivity (Wildman–Crippen MR) is 38.2 cm³/mol. The van der Waals surface area contributed by atoms with E-state index in [9.17, 15) is 4.39 Å². The Morgan fingerprint density at radius 1 is 1.82 bits per heavy atom. The van der Waals surface area contributed by atoms with Gasteiger partial charge in [0.15, 0.2) is 0 Å². The molecule has 1 aromatic heterocycles. The highest BCUT2D eigenvalue weighted by Crippen LogP contribution is 2.16. The van der Waals surface area contributed by atoms with Crippen molar-refractivity contribution >= 4 is 0 Å². The van der Waals surface area contributed by atoms with Gasteiger partial charge in [-0.05, 0) is 0 Å². The summed E-state index contributed by atoms with van der Waals surface area (Å²) in [6, 6.07) is 0. The van der Waals surface area contributed by atoms with E-state index in [0.29, 0.717) is 12.1 Å². The molecule has 0 amide bonds. The van der Waals surface area contributed by atoms with Crippen molar-refractivity contribution in [3.63, 3.8) is 0 Å². The third-order valence-electron chi connectivity index (χ3n) is 1.42. The molecule has 0 aliphatic carbocycles. The topological polar surface area (TPSA) is 41.6 Å². The molecule has 3 nitrogen and oxygen atoms in total. The van der Waals surface area contributed by atoms with Crippen LogP contribution in [-0.4, -0.2) is 15.4 Å². The molecule has 0 bridgehead atoms. The van der Waals surface area contributed by atoms with E-state index in [4.69, 9.17) is 6.42 Å². The summed E-state index contributed by atoms with van der Waals surface area (Å²) < 4.78 is 12.7. The van der Waals surface area contributed by atoms with Crippen LogP contribution >= 0.6 is 0 Å². The summed E-state index contributed by atoms with van der Waals surface area (Å²) in [7, 11) is 0. The monoisotopic (exact) mass is 153 g/mol. The van der Waals surface area contributed by atoms with Crippen molar-refractivity contribution in [2.45, 2.75) is 19.3 Å². The van der Waals surface area contributed by atoms with Gasteiger partial charge < -0.3 is 0 Å². The first-order chi connectivity index (χ1) is 5.25. The normalized spacial score (nSPS) is 12.5. The number of aromatic nitrogens is 3. The van der Waals surface area contributed by atoms with Gasteiger partial charge in [0.25, 0.3) is 0 Å². The maximum absolute atomic E-state index is 12.7. The molecule has 0 radical (unpaired) electrons. The largest absolute Gasteiger partial charge is 0.232 e. The van der Waals surface area contributed by atoms with E-state index in [1.807, 2.05) is 0 Å². The molecule has 0 aliphatic heterocycles. The first kappa shape index (κ1) is 7.73. The zero-order valence-electron chi connectivity index (χ0n) is 6.13. The first-order valence-electron chi connectivity index (χ1n) is 3.25. The standard InChI is InChI=1S/C7H8FN3/c1-3-4-5(2)6-7(8)10-11-9-6/h1,5H,4H2,2H3,(H,9,10,11)/t5-/m0/s1. The van der Waals surface area contributed by atoms with Gasteiger partial charge in [-0.1, -0.05) is 12.1 Å². The second kappa shape index (κ2) is 3.15. The molecule has 0 aromatic carbocycles. The minimum atomic E-state index is -0.493. The molecule has 58 valence electrons. The Labute approximate surface area is 64.0 Å². The molecule has 1 atom stereocenters. The Bertz CT molecular complexity index is 273. The van der Waals surface area contributed by atoms with Crippen LogP contribution in [0.3, 0.4) is 0 Å². The van der Waals surface area contributed by atoms with Crippen LogP contribution in [0.15, 0.2) is 0 Å². The van der Waals surface area contributed by atoms with Crippen LogP contribution in [0.4, 0.5) is 4.39 Å². The van der Waals surface area contributed by atoms with Crippen LogP contribution in [0, 0.1) is 18.3 Å². The average molecular weight is 153 g/mol. The van der Waals surface area contributed by atoms with Crippen molar-refractivity contribution in [1.29, 1.82) is 0 Å². The second-order valence-electron chi connectivity index (χ2n) is 2.32. The first-order valence-corrected chi connectivity index (χ1v) is 3.25.